The minimum atomic E-state index is -0.138. The van der Waals surface area contributed by atoms with Gasteiger partial charge in [0.25, 0.3) is 0 Å². The number of amides is 1. The molecule has 3 aromatic rings. The first-order chi connectivity index (χ1) is 13.6. The fourth-order valence-corrected chi connectivity index (χ4v) is 3.80. The van der Waals surface area contributed by atoms with Crippen molar-refractivity contribution in [3.63, 3.8) is 0 Å². The molecule has 28 heavy (non-hydrogen) atoms. The van der Waals surface area contributed by atoms with E-state index in [1.165, 1.54) is 17.3 Å². The highest BCUT2D eigenvalue weighted by molar-refractivity contribution is 7.99. The molecule has 0 unspecified atom stereocenters. The van der Waals surface area contributed by atoms with Gasteiger partial charge in [0.15, 0.2) is 5.16 Å². The summed E-state index contributed by atoms with van der Waals surface area (Å²) in [5.41, 5.74) is 1.80. The molecule has 0 aliphatic heterocycles. The largest absolute Gasteiger partial charge is 0.495 e. The summed E-state index contributed by atoms with van der Waals surface area (Å²) >= 11 is 7.45. The third kappa shape index (κ3) is 5.05. The quantitative estimate of drug-likeness (QED) is 0.555. The highest BCUT2D eigenvalue weighted by Gasteiger charge is 2.14. The van der Waals surface area contributed by atoms with Gasteiger partial charge in [-0.2, -0.15) is 0 Å². The molecule has 0 radical (unpaired) electrons. The van der Waals surface area contributed by atoms with Crippen LogP contribution in [0.2, 0.25) is 5.02 Å². The Morgan fingerprint density at radius 1 is 1.21 bits per heavy atom. The summed E-state index contributed by atoms with van der Waals surface area (Å²) in [7, 11) is 1.55. The van der Waals surface area contributed by atoms with Crippen LogP contribution in [0, 0.1) is 0 Å². The van der Waals surface area contributed by atoms with E-state index in [0.717, 1.165) is 17.5 Å². The molecule has 0 aliphatic rings. The van der Waals surface area contributed by atoms with Crippen LogP contribution in [0.1, 0.15) is 18.3 Å². The van der Waals surface area contributed by atoms with Crippen molar-refractivity contribution in [1.82, 2.24) is 14.8 Å². The van der Waals surface area contributed by atoms with Crippen LogP contribution in [-0.2, 0) is 17.8 Å². The topological polar surface area (TPSA) is 69.0 Å². The van der Waals surface area contributed by atoms with Crippen molar-refractivity contribution in [2.45, 2.75) is 25.0 Å². The molecule has 2 aromatic carbocycles. The molecule has 1 heterocycles. The highest BCUT2D eigenvalue weighted by atomic mass is 35.5. The maximum Gasteiger partial charge on any atom is 0.234 e. The van der Waals surface area contributed by atoms with E-state index in [9.17, 15) is 4.79 Å². The average Bonchev–Trinajstić information content (AvgIpc) is 3.09. The van der Waals surface area contributed by atoms with Gasteiger partial charge in [0, 0.05) is 18.7 Å². The molecular weight excluding hydrogens is 396 g/mol. The molecule has 0 saturated heterocycles. The molecule has 0 fully saturated rings. The Morgan fingerprint density at radius 3 is 2.68 bits per heavy atom. The Morgan fingerprint density at radius 2 is 2.00 bits per heavy atom. The normalized spacial score (nSPS) is 10.7. The molecule has 1 amide bonds. The molecule has 1 aromatic heterocycles. The fraction of sp³-hybridized carbons (Fsp3) is 0.250. The van der Waals surface area contributed by atoms with Crippen molar-refractivity contribution in [2.24, 2.45) is 0 Å². The Hall–Kier alpha value is -2.51. The molecule has 0 saturated carbocycles. The molecule has 0 bridgehead atoms. The third-order valence-corrected chi connectivity index (χ3v) is 5.34. The fourth-order valence-electron chi connectivity index (χ4n) is 2.72. The molecule has 3 rings (SSSR count). The predicted molar refractivity (Wildman–Crippen MR) is 112 cm³/mol. The Bertz CT molecular complexity index is 947. The van der Waals surface area contributed by atoms with Crippen LogP contribution >= 0.6 is 23.4 Å². The van der Waals surface area contributed by atoms with Gasteiger partial charge in [0.1, 0.15) is 11.6 Å². The van der Waals surface area contributed by atoms with Crippen molar-refractivity contribution in [3.05, 3.63) is 64.9 Å². The SMILES string of the molecule is CCn1c(Cc2ccccc2)nnc1SCC(=O)Nc1ccc(OC)c(Cl)c1. The van der Waals surface area contributed by atoms with E-state index < -0.39 is 0 Å². The van der Waals surface area contributed by atoms with Crippen molar-refractivity contribution >= 4 is 35.0 Å². The Balaban J connectivity index is 1.61. The first-order valence-corrected chi connectivity index (χ1v) is 10.2. The van der Waals surface area contributed by atoms with Gasteiger partial charge in [0.05, 0.1) is 17.9 Å². The van der Waals surface area contributed by atoms with Crippen LogP contribution in [-0.4, -0.2) is 33.5 Å². The zero-order chi connectivity index (χ0) is 19.9. The number of carbonyl (C=O) groups is 1. The van der Waals surface area contributed by atoms with Gasteiger partial charge in [-0.15, -0.1) is 10.2 Å². The van der Waals surface area contributed by atoms with E-state index >= 15 is 0 Å². The maximum absolute atomic E-state index is 12.3. The van der Waals surface area contributed by atoms with E-state index in [-0.39, 0.29) is 11.7 Å². The Labute approximate surface area is 173 Å². The second-order valence-corrected chi connectivity index (χ2v) is 7.34. The van der Waals surface area contributed by atoms with Gasteiger partial charge in [-0.25, -0.2) is 0 Å². The lowest BCUT2D eigenvalue weighted by molar-refractivity contribution is -0.113. The van der Waals surface area contributed by atoms with Crippen LogP contribution in [0.15, 0.2) is 53.7 Å². The molecule has 0 atom stereocenters. The first kappa shape index (κ1) is 20.2. The van der Waals surface area contributed by atoms with E-state index in [1.807, 2.05) is 29.7 Å². The van der Waals surface area contributed by atoms with Crippen LogP contribution < -0.4 is 10.1 Å². The Kier molecular flexibility index (Phi) is 6.95. The standard InChI is InChI=1S/C20H21ClN4O2S/c1-3-25-18(11-14-7-5-4-6-8-14)23-24-20(25)28-13-19(26)22-15-9-10-17(27-2)16(21)12-15/h4-10,12H,3,11,13H2,1-2H3,(H,22,26). The number of thioether (sulfide) groups is 1. The lowest BCUT2D eigenvalue weighted by Crippen LogP contribution is -2.14. The second-order valence-electron chi connectivity index (χ2n) is 5.99. The number of carbonyl (C=O) groups excluding carboxylic acids is 1. The van der Waals surface area contributed by atoms with Gasteiger partial charge in [-0.05, 0) is 30.7 Å². The van der Waals surface area contributed by atoms with Crippen LogP contribution in [0.3, 0.4) is 0 Å². The molecule has 0 spiro atoms. The summed E-state index contributed by atoms with van der Waals surface area (Å²) < 4.78 is 7.15. The smallest absolute Gasteiger partial charge is 0.234 e. The molecular formula is C20H21ClN4O2S. The number of methoxy groups -OCH3 is 1. The van der Waals surface area contributed by atoms with Crippen LogP contribution in [0.25, 0.3) is 0 Å². The minimum Gasteiger partial charge on any atom is -0.495 e. The zero-order valence-corrected chi connectivity index (χ0v) is 17.3. The number of ether oxygens (including phenoxy) is 1. The summed E-state index contributed by atoms with van der Waals surface area (Å²) in [4.78, 5) is 12.3. The number of hydrogen-bond acceptors (Lipinski definition) is 5. The van der Waals surface area contributed by atoms with E-state index in [4.69, 9.17) is 16.3 Å². The number of aromatic nitrogens is 3. The molecule has 8 heteroatoms. The minimum absolute atomic E-state index is 0.138. The summed E-state index contributed by atoms with van der Waals surface area (Å²) in [5.74, 6) is 1.55. The number of halogens is 1. The predicted octanol–water partition coefficient (Wildman–Crippen LogP) is 4.28. The summed E-state index contributed by atoms with van der Waals surface area (Å²) in [6, 6.07) is 15.3. The van der Waals surface area contributed by atoms with Crippen molar-refractivity contribution in [2.75, 3.05) is 18.2 Å². The van der Waals surface area contributed by atoms with Crippen molar-refractivity contribution in [3.8, 4) is 5.75 Å². The third-order valence-electron chi connectivity index (χ3n) is 4.08. The van der Waals surface area contributed by atoms with Gasteiger partial charge in [-0.3, -0.25) is 4.79 Å². The van der Waals surface area contributed by atoms with Gasteiger partial charge in [-0.1, -0.05) is 53.7 Å². The van der Waals surface area contributed by atoms with Crippen LogP contribution in [0.5, 0.6) is 5.75 Å². The number of nitrogens with zero attached hydrogens (tertiary/aromatic N) is 3. The lowest BCUT2D eigenvalue weighted by atomic mass is 10.1. The molecule has 1 N–H and O–H groups in total. The second kappa shape index (κ2) is 9.61. The summed E-state index contributed by atoms with van der Waals surface area (Å²) in [6.45, 7) is 2.79. The van der Waals surface area contributed by atoms with Gasteiger partial charge in [0.2, 0.25) is 5.91 Å². The first-order valence-electron chi connectivity index (χ1n) is 8.83. The number of hydrogen-bond donors (Lipinski definition) is 1. The number of rotatable bonds is 8. The number of nitrogens with one attached hydrogen (secondary N) is 1. The van der Waals surface area contributed by atoms with Gasteiger partial charge >= 0.3 is 0 Å². The van der Waals surface area contributed by atoms with Crippen LogP contribution in [0.4, 0.5) is 5.69 Å². The van der Waals surface area contributed by atoms with Crippen molar-refractivity contribution in [1.29, 1.82) is 0 Å². The summed E-state index contributed by atoms with van der Waals surface area (Å²) in [6.07, 6.45) is 0.707. The molecule has 0 aliphatic carbocycles. The number of anilines is 1. The van der Waals surface area contributed by atoms with E-state index in [1.54, 1.807) is 25.3 Å². The van der Waals surface area contributed by atoms with E-state index in [2.05, 4.69) is 27.6 Å². The van der Waals surface area contributed by atoms with Gasteiger partial charge < -0.3 is 14.6 Å². The maximum atomic E-state index is 12.3. The molecule has 6 nitrogen and oxygen atoms in total. The number of benzene rings is 2. The average molecular weight is 417 g/mol. The lowest BCUT2D eigenvalue weighted by Gasteiger charge is -2.09. The van der Waals surface area contributed by atoms with E-state index in [0.29, 0.717) is 22.9 Å². The molecule has 146 valence electrons. The monoisotopic (exact) mass is 416 g/mol. The highest BCUT2D eigenvalue weighted by Crippen LogP contribution is 2.27. The van der Waals surface area contributed by atoms with Crippen molar-refractivity contribution < 1.29 is 9.53 Å². The summed E-state index contributed by atoms with van der Waals surface area (Å²) in [5, 5.41) is 12.6. The zero-order valence-electron chi connectivity index (χ0n) is 15.7.